The Morgan fingerprint density at radius 3 is 3.00 bits per heavy atom. The highest BCUT2D eigenvalue weighted by molar-refractivity contribution is 5.39. The van der Waals surface area contributed by atoms with E-state index in [-0.39, 0.29) is 6.04 Å². The fraction of sp³-hybridized carbons (Fsp3) is 0.538. The lowest BCUT2D eigenvalue weighted by atomic mass is 9.98. The number of hydrogen-bond acceptors (Lipinski definition) is 3. The van der Waals surface area contributed by atoms with Crippen LogP contribution in [0.3, 0.4) is 0 Å². The van der Waals surface area contributed by atoms with Gasteiger partial charge in [0.2, 0.25) is 0 Å². The van der Waals surface area contributed by atoms with E-state index in [1.165, 1.54) is 5.56 Å². The predicted molar refractivity (Wildman–Crippen MR) is 63.7 cm³/mol. The fourth-order valence-corrected chi connectivity index (χ4v) is 2.01. The van der Waals surface area contributed by atoms with E-state index in [9.17, 15) is 5.11 Å². The van der Waals surface area contributed by atoms with Crippen molar-refractivity contribution in [2.24, 2.45) is 0 Å². The molecule has 2 atom stereocenters. The number of likely N-dealkylation sites (N-methyl/N-ethyl adjacent to an activating group) is 1. The van der Waals surface area contributed by atoms with Crippen LogP contribution in [0.25, 0.3) is 0 Å². The Morgan fingerprint density at radius 1 is 1.44 bits per heavy atom. The van der Waals surface area contributed by atoms with Gasteiger partial charge in [0, 0.05) is 6.04 Å². The summed E-state index contributed by atoms with van der Waals surface area (Å²) < 4.78 is 5.55. The minimum Gasteiger partial charge on any atom is -0.493 e. The molecular formula is C13H19NO2. The molecule has 0 fully saturated rings. The van der Waals surface area contributed by atoms with E-state index in [2.05, 4.69) is 11.4 Å². The normalized spacial score (nSPS) is 18.4. The van der Waals surface area contributed by atoms with E-state index in [1.807, 2.05) is 26.1 Å². The van der Waals surface area contributed by atoms with Crippen molar-refractivity contribution in [1.82, 2.24) is 5.32 Å². The highest BCUT2D eigenvalue weighted by Gasteiger charge is 2.17. The molecule has 0 saturated carbocycles. The molecule has 1 aliphatic heterocycles. The monoisotopic (exact) mass is 221 g/mol. The lowest BCUT2D eigenvalue weighted by Crippen LogP contribution is -2.28. The zero-order chi connectivity index (χ0) is 11.5. The fourth-order valence-electron chi connectivity index (χ4n) is 2.01. The van der Waals surface area contributed by atoms with Crippen molar-refractivity contribution < 1.29 is 9.84 Å². The average molecular weight is 221 g/mol. The van der Waals surface area contributed by atoms with Gasteiger partial charge in [0.15, 0.2) is 0 Å². The van der Waals surface area contributed by atoms with Crippen LogP contribution in [-0.2, 0) is 6.42 Å². The molecule has 0 aromatic heterocycles. The van der Waals surface area contributed by atoms with Crippen molar-refractivity contribution in [3.05, 3.63) is 29.3 Å². The number of fused-ring (bicyclic) bond motifs is 1. The van der Waals surface area contributed by atoms with Crippen LogP contribution in [0.15, 0.2) is 18.2 Å². The Bertz CT molecular complexity index is 365. The third-order valence-corrected chi connectivity index (χ3v) is 3.20. The third-order valence-electron chi connectivity index (χ3n) is 3.20. The zero-order valence-corrected chi connectivity index (χ0v) is 9.86. The van der Waals surface area contributed by atoms with Gasteiger partial charge in [0.25, 0.3) is 0 Å². The highest BCUT2D eigenvalue weighted by Crippen LogP contribution is 2.28. The summed E-state index contributed by atoms with van der Waals surface area (Å²) >= 11 is 0. The molecule has 1 aromatic carbocycles. The maximum atomic E-state index is 10.1. The Kier molecular flexibility index (Phi) is 3.46. The van der Waals surface area contributed by atoms with Crippen LogP contribution in [0.2, 0.25) is 0 Å². The molecule has 2 unspecified atom stereocenters. The van der Waals surface area contributed by atoms with E-state index >= 15 is 0 Å². The van der Waals surface area contributed by atoms with Crippen LogP contribution in [0.4, 0.5) is 0 Å². The van der Waals surface area contributed by atoms with Gasteiger partial charge in [-0.1, -0.05) is 6.07 Å². The van der Waals surface area contributed by atoms with E-state index in [0.717, 1.165) is 30.8 Å². The maximum Gasteiger partial charge on any atom is 0.122 e. The minimum absolute atomic E-state index is 0.0579. The molecule has 1 aromatic rings. The second kappa shape index (κ2) is 4.85. The number of benzene rings is 1. The predicted octanol–water partition coefficient (Wildman–Crippen LogP) is 1.65. The molecule has 0 aliphatic carbocycles. The van der Waals surface area contributed by atoms with Crippen molar-refractivity contribution in [3.8, 4) is 5.75 Å². The molecule has 1 heterocycles. The van der Waals surface area contributed by atoms with Crippen molar-refractivity contribution in [2.75, 3.05) is 13.7 Å². The van der Waals surface area contributed by atoms with E-state index < -0.39 is 6.10 Å². The molecule has 16 heavy (non-hydrogen) atoms. The minimum atomic E-state index is -0.461. The number of nitrogens with one attached hydrogen (secondary N) is 1. The number of rotatable bonds is 3. The number of aliphatic hydroxyl groups excluding tert-OH is 1. The Balaban J connectivity index is 2.22. The largest absolute Gasteiger partial charge is 0.493 e. The van der Waals surface area contributed by atoms with Crippen LogP contribution in [0, 0.1) is 0 Å². The lowest BCUT2D eigenvalue weighted by Gasteiger charge is -2.22. The van der Waals surface area contributed by atoms with Gasteiger partial charge >= 0.3 is 0 Å². The summed E-state index contributed by atoms with van der Waals surface area (Å²) in [5, 5.41) is 13.1. The molecule has 0 bridgehead atoms. The van der Waals surface area contributed by atoms with Crippen LogP contribution >= 0.6 is 0 Å². The molecule has 0 amide bonds. The summed E-state index contributed by atoms with van der Waals surface area (Å²) in [4.78, 5) is 0. The number of aliphatic hydroxyl groups is 1. The summed E-state index contributed by atoms with van der Waals surface area (Å²) in [6.45, 7) is 2.78. The van der Waals surface area contributed by atoms with Gasteiger partial charge in [-0.25, -0.2) is 0 Å². The van der Waals surface area contributed by atoms with E-state index in [1.54, 1.807) is 0 Å². The molecule has 0 radical (unpaired) electrons. The Hall–Kier alpha value is -1.06. The van der Waals surface area contributed by atoms with Crippen molar-refractivity contribution >= 4 is 0 Å². The summed E-state index contributed by atoms with van der Waals surface area (Å²) in [5.41, 5.74) is 2.18. The maximum absolute atomic E-state index is 10.1. The molecule has 2 rings (SSSR count). The van der Waals surface area contributed by atoms with Gasteiger partial charge < -0.3 is 15.2 Å². The smallest absolute Gasteiger partial charge is 0.122 e. The second-order valence-electron chi connectivity index (χ2n) is 4.34. The van der Waals surface area contributed by atoms with Crippen LogP contribution in [0.1, 0.15) is 30.6 Å². The molecule has 88 valence electrons. The summed E-state index contributed by atoms with van der Waals surface area (Å²) in [5.74, 6) is 0.972. The van der Waals surface area contributed by atoms with Crippen LogP contribution < -0.4 is 10.1 Å². The first-order valence-electron chi connectivity index (χ1n) is 5.83. The van der Waals surface area contributed by atoms with Gasteiger partial charge in [0.05, 0.1) is 12.7 Å². The van der Waals surface area contributed by atoms with Gasteiger partial charge in [0.1, 0.15) is 5.75 Å². The SMILES string of the molecule is CNC(C)C(O)c1ccc2c(c1)CCCO2. The van der Waals surface area contributed by atoms with E-state index in [4.69, 9.17) is 4.74 Å². The van der Waals surface area contributed by atoms with Gasteiger partial charge in [-0.3, -0.25) is 0 Å². The van der Waals surface area contributed by atoms with E-state index in [0.29, 0.717) is 0 Å². The molecule has 0 spiro atoms. The first-order chi connectivity index (χ1) is 7.72. The molecule has 2 N–H and O–H groups in total. The number of hydrogen-bond donors (Lipinski definition) is 2. The lowest BCUT2D eigenvalue weighted by molar-refractivity contribution is 0.140. The molecule has 1 aliphatic rings. The topological polar surface area (TPSA) is 41.5 Å². The standard InChI is InChI=1S/C13H19NO2/c1-9(14-2)13(15)11-5-6-12-10(8-11)4-3-7-16-12/h5-6,8-9,13-15H,3-4,7H2,1-2H3. The first-order valence-corrected chi connectivity index (χ1v) is 5.83. The van der Waals surface area contributed by atoms with Gasteiger partial charge in [-0.2, -0.15) is 0 Å². The van der Waals surface area contributed by atoms with Crippen molar-refractivity contribution in [3.63, 3.8) is 0 Å². The quantitative estimate of drug-likeness (QED) is 0.815. The number of aryl methyl sites for hydroxylation is 1. The molecule has 0 saturated heterocycles. The van der Waals surface area contributed by atoms with Gasteiger partial charge in [-0.15, -0.1) is 0 Å². The molecule has 3 heteroatoms. The zero-order valence-electron chi connectivity index (χ0n) is 9.86. The number of ether oxygens (including phenoxy) is 1. The van der Waals surface area contributed by atoms with Crippen LogP contribution in [0.5, 0.6) is 5.75 Å². The first kappa shape index (κ1) is 11.4. The summed E-state index contributed by atoms with van der Waals surface area (Å²) in [7, 11) is 1.86. The average Bonchev–Trinajstić information content (AvgIpc) is 2.36. The van der Waals surface area contributed by atoms with Crippen molar-refractivity contribution in [2.45, 2.75) is 31.9 Å². The molecule has 3 nitrogen and oxygen atoms in total. The molecular weight excluding hydrogens is 202 g/mol. The summed E-state index contributed by atoms with van der Waals surface area (Å²) in [6.07, 6.45) is 1.65. The highest BCUT2D eigenvalue weighted by atomic mass is 16.5. The second-order valence-corrected chi connectivity index (χ2v) is 4.34. The van der Waals surface area contributed by atoms with Crippen molar-refractivity contribution in [1.29, 1.82) is 0 Å². The Labute approximate surface area is 96.4 Å². The van der Waals surface area contributed by atoms with Crippen LogP contribution in [-0.4, -0.2) is 24.8 Å². The van der Waals surface area contributed by atoms with Gasteiger partial charge in [-0.05, 0) is 50.1 Å². The summed E-state index contributed by atoms with van der Waals surface area (Å²) in [6, 6.07) is 6.04. The third kappa shape index (κ3) is 2.20. The Morgan fingerprint density at radius 2 is 2.25 bits per heavy atom.